The van der Waals surface area contributed by atoms with Crippen LogP contribution in [0.15, 0.2) is 30.3 Å². The number of piperidine rings is 2. The molecule has 0 amide bonds. The third kappa shape index (κ3) is 6.45. The van der Waals surface area contributed by atoms with Crippen molar-refractivity contribution in [3.8, 4) is 0 Å². The second-order valence-corrected chi connectivity index (χ2v) is 10.6. The summed E-state index contributed by atoms with van der Waals surface area (Å²) in [7, 11) is 0. The van der Waals surface area contributed by atoms with Gasteiger partial charge in [0.05, 0.1) is 16.9 Å². The quantitative estimate of drug-likeness (QED) is 0.424. The summed E-state index contributed by atoms with van der Waals surface area (Å²) < 4.78 is 41.0. The van der Waals surface area contributed by atoms with Gasteiger partial charge >= 0.3 is 6.18 Å². The van der Waals surface area contributed by atoms with Crippen molar-refractivity contribution in [3.05, 3.63) is 47.0 Å². The zero-order chi connectivity index (χ0) is 25.9. The summed E-state index contributed by atoms with van der Waals surface area (Å²) in [6.45, 7) is 11.5. The molecule has 4 N–H and O–H groups in total. The van der Waals surface area contributed by atoms with Crippen molar-refractivity contribution < 1.29 is 13.2 Å². The molecule has 0 unspecified atom stereocenters. The van der Waals surface area contributed by atoms with E-state index >= 15 is 0 Å². The van der Waals surface area contributed by atoms with E-state index in [0.717, 1.165) is 62.7 Å². The molecule has 2 aliphatic rings. The topological polar surface area (TPSA) is 56.6 Å². The van der Waals surface area contributed by atoms with Crippen LogP contribution in [-0.4, -0.2) is 50.2 Å². The maximum absolute atomic E-state index is 13.7. The molecule has 2 fully saturated rings. The first-order chi connectivity index (χ1) is 17.1. The Hall–Kier alpha value is -2.45. The minimum absolute atomic E-state index is 0.118. The molecule has 0 aliphatic carbocycles. The normalized spacial score (nSPS) is 18.5. The van der Waals surface area contributed by atoms with Gasteiger partial charge in [-0.1, -0.05) is 6.92 Å². The van der Waals surface area contributed by atoms with Gasteiger partial charge in [0, 0.05) is 56.7 Å². The predicted molar refractivity (Wildman–Crippen MR) is 143 cm³/mol. The third-order valence-electron chi connectivity index (χ3n) is 7.67. The molecule has 4 rings (SSSR count). The summed E-state index contributed by atoms with van der Waals surface area (Å²) in [5, 5.41) is 6.91. The van der Waals surface area contributed by atoms with Crippen molar-refractivity contribution in [2.24, 2.45) is 11.7 Å². The molecule has 2 saturated heterocycles. The van der Waals surface area contributed by atoms with Crippen LogP contribution in [0.5, 0.6) is 0 Å². The molecule has 2 aliphatic heterocycles. The highest BCUT2D eigenvalue weighted by atomic mass is 19.4. The van der Waals surface area contributed by atoms with Gasteiger partial charge in [-0.05, 0) is 86.9 Å². The summed E-state index contributed by atoms with van der Waals surface area (Å²) in [4.78, 5) is 4.73. The van der Waals surface area contributed by atoms with Gasteiger partial charge in [0.2, 0.25) is 0 Å². The average molecular weight is 504 g/mol. The van der Waals surface area contributed by atoms with Crippen molar-refractivity contribution in [3.63, 3.8) is 0 Å². The molecule has 0 bridgehead atoms. The standard InChI is InChI=1S/C28H40F3N5/c1-19-6-13-36(14-7-19)24-4-5-25(20(2)17-24)34-27-21(3)16-22(28(29,30)31)18-26(27)33-23-8-11-35(12-9-23)15-10-32/h4-5,16-19,23,33-34H,6-15,32H2,1-3H3. The Balaban J connectivity index is 1.56. The minimum atomic E-state index is -4.40. The summed E-state index contributed by atoms with van der Waals surface area (Å²) >= 11 is 0. The lowest BCUT2D eigenvalue weighted by atomic mass is 9.98. The number of hydrogen-bond donors (Lipinski definition) is 3. The Morgan fingerprint density at radius 3 is 2.22 bits per heavy atom. The Morgan fingerprint density at radius 1 is 0.917 bits per heavy atom. The number of benzene rings is 2. The van der Waals surface area contributed by atoms with E-state index in [1.165, 1.54) is 30.7 Å². The van der Waals surface area contributed by atoms with E-state index < -0.39 is 11.7 Å². The fourth-order valence-corrected chi connectivity index (χ4v) is 5.32. The van der Waals surface area contributed by atoms with Crippen molar-refractivity contribution in [2.75, 3.05) is 54.8 Å². The van der Waals surface area contributed by atoms with Gasteiger partial charge in [-0.3, -0.25) is 0 Å². The maximum atomic E-state index is 13.7. The van der Waals surface area contributed by atoms with E-state index in [1.54, 1.807) is 6.92 Å². The zero-order valence-corrected chi connectivity index (χ0v) is 21.7. The molecule has 5 nitrogen and oxygen atoms in total. The van der Waals surface area contributed by atoms with Gasteiger partial charge in [-0.2, -0.15) is 13.2 Å². The molecule has 0 atom stereocenters. The number of aryl methyl sites for hydroxylation is 2. The van der Waals surface area contributed by atoms with E-state index in [0.29, 0.717) is 23.5 Å². The first-order valence-corrected chi connectivity index (χ1v) is 13.2. The number of alkyl halides is 3. The fraction of sp³-hybridized carbons (Fsp3) is 0.571. The number of halogens is 3. The lowest BCUT2D eigenvalue weighted by Gasteiger charge is -2.33. The lowest BCUT2D eigenvalue weighted by molar-refractivity contribution is -0.137. The Labute approximate surface area is 213 Å². The molecule has 0 radical (unpaired) electrons. The highest BCUT2D eigenvalue weighted by molar-refractivity contribution is 5.80. The van der Waals surface area contributed by atoms with Gasteiger partial charge < -0.3 is 26.2 Å². The Bertz CT molecular complexity index is 1020. The second-order valence-electron chi connectivity index (χ2n) is 10.6. The van der Waals surface area contributed by atoms with Crippen molar-refractivity contribution in [1.82, 2.24) is 4.90 Å². The summed E-state index contributed by atoms with van der Waals surface area (Å²) in [6.07, 6.45) is -0.254. The molecule has 2 aromatic rings. The van der Waals surface area contributed by atoms with E-state index in [4.69, 9.17) is 5.73 Å². The van der Waals surface area contributed by atoms with Crippen LogP contribution in [0.2, 0.25) is 0 Å². The van der Waals surface area contributed by atoms with Gasteiger partial charge in [0.1, 0.15) is 0 Å². The average Bonchev–Trinajstić information content (AvgIpc) is 2.83. The number of nitrogens with one attached hydrogen (secondary N) is 2. The van der Waals surface area contributed by atoms with Crippen LogP contribution in [0.4, 0.5) is 35.9 Å². The van der Waals surface area contributed by atoms with Gasteiger partial charge in [-0.15, -0.1) is 0 Å². The molecule has 36 heavy (non-hydrogen) atoms. The highest BCUT2D eigenvalue weighted by Crippen LogP contribution is 2.39. The summed E-state index contributed by atoms with van der Waals surface area (Å²) in [5.41, 5.74) is 10.0. The molecule has 8 heteroatoms. The number of nitrogens with zero attached hydrogens (tertiary/aromatic N) is 2. The van der Waals surface area contributed by atoms with E-state index in [1.807, 2.05) is 0 Å². The van der Waals surface area contributed by atoms with E-state index in [9.17, 15) is 13.2 Å². The minimum Gasteiger partial charge on any atom is -0.381 e. The van der Waals surface area contributed by atoms with E-state index in [2.05, 4.69) is 52.5 Å². The second kappa shape index (κ2) is 11.3. The monoisotopic (exact) mass is 503 g/mol. The smallest absolute Gasteiger partial charge is 0.381 e. The van der Waals surface area contributed by atoms with Crippen LogP contribution in [0.25, 0.3) is 0 Å². The Morgan fingerprint density at radius 2 is 1.61 bits per heavy atom. The number of likely N-dealkylation sites (tertiary alicyclic amines) is 1. The van der Waals surface area contributed by atoms with Crippen LogP contribution in [0.3, 0.4) is 0 Å². The van der Waals surface area contributed by atoms with Gasteiger partial charge in [-0.25, -0.2) is 0 Å². The molecule has 198 valence electrons. The first kappa shape index (κ1) is 26.6. The fourth-order valence-electron chi connectivity index (χ4n) is 5.32. The third-order valence-corrected chi connectivity index (χ3v) is 7.67. The Kier molecular flexibility index (Phi) is 8.35. The molecule has 0 saturated carbocycles. The maximum Gasteiger partial charge on any atom is 0.416 e. The van der Waals surface area contributed by atoms with Crippen molar-refractivity contribution >= 4 is 22.7 Å². The summed E-state index contributed by atoms with van der Waals surface area (Å²) in [6, 6.07) is 8.95. The van der Waals surface area contributed by atoms with Crippen LogP contribution in [0.1, 0.15) is 49.3 Å². The molecular formula is C28H40F3N5. The largest absolute Gasteiger partial charge is 0.416 e. The number of rotatable bonds is 7. The molecule has 0 aromatic heterocycles. The number of nitrogens with two attached hydrogens (primary N) is 1. The summed E-state index contributed by atoms with van der Waals surface area (Å²) in [5.74, 6) is 0.768. The van der Waals surface area contributed by atoms with Crippen LogP contribution in [0, 0.1) is 19.8 Å². The van der Waals surface area contributed by atoms with E-state index in [-0.39, 0.29) is 6.04 Å². The van der Waals surface area contributed by atoms with Crippen LogP contribution in [-0.2, 0) is 6.18 Å². The van der Waals surface area contributed by atoms with Gasteiger partial charge in [0.25, 0.3) is 0 Å². The molecular weight excluding hydrogens is 463 g/mol. The molecule has 2 aromatic carbocycles. The highest BCUT2D eigenvalue weighted by Gasteiger charge is 2.32. The van der Waals surface area contributed by atoms with Gasteiger partial charge in [0.15, 0.2) is 0 Å². The number of anilines is 4. The predicted octanol–water partition coefficient (Wildman–Crippen LogP) is 6.14. The van der Waals surface area contributed by atoms with Crippen LogP contribution < -0.4 is 21.3 Å². The van der Waals surface area contributed by atoms with Crippen molar-refractivity contribution in [2.45, 2.75) is 58.7 Å². The molecule has 2 heterocycles. The molecule has 0 spiro atoms. The zero-order valence-electron chi connectivity index (χ0n) is 21.7. The first-order valence-electron chi connectivity index (χ1n) is 13.2. The van der Waals surface area contributed by atoms with Crippen LogP contribution >= 0.6 is 0 Å². The van der Waals surface area contributed by atoms with Crippen molar-refractivity contribution in [1.29, 1.82) is 0 Å². The lowest BCUT2D eigenvalue weighted by Crippen LogP contribution is -2.41. The number of hydrogen-bond acceptors (Lipinski definition) is 5. The SMILES string of the molecule is Cc1cc(N2CCC(C)CC2)ccc1Nc1c(C)cc(C(F)(F)F)cc1NC1CCN(CCN)CC1.